The Morgan fingerprint density at radius 1 is 1.47 bits per heavy atom. The third-order valence-corrected chi connectivity index (χ3v) is 3.52. The lowest BCUT2D eigenvalue weighted by atomic mass is 9.76. The highest BCUT2D eigenvalue weighted by Crippen LogP contribution is 2.30. The van der Waals surface area contributed by atoms with Gasteiger partial charge in [-0.15, -0.1) is 0 Å². The monoisotopic (exact) mass is 232 g/mol. The Hall–Kier alpha value is -1.35. The Bertz CT molecular complexity index is 424. The summed E-state index contributed by atoms with van der Waals surface area (Å²) in [6.07, 6.45) is 2.72. The van der Waals surface area contributed by atoms with Crippen LogP contribution in [0.2, 0.25) is 0 Å². The molecular weight excluding hydrogens is 212 g/mol. The standard InChI is InChI=1S/C14H20N2O/c1-11-5-3-6-12(9-11)10-16(2)13(17)14(15)7-4-8-14/h3,5-6,9H,4,7-8,10,15H2,1-2H3. The van der Waals surface area contributed by atoms with Crippen LogP contribution >= 0.6 is 0 Å². The molecule has 1 aromatic carbocycles. The second kappa shape index (κ2) is 4.49. The minimum absolute atomic E-state index is 0.0743. The van der Waals surface area contributed by atoms with Crippen molar-refractivity contribution in [3.05, 3.63) is 35.4 Å². The molecule has 0 unspecified atom stereocenters. The van der Waals surface area contributed by atoms with Gasteiger partial charge in [0.25, 0.3) is 0 Å². The lowest BCUT2D eigenvalue weighted by molar-refractivity contribution is -0.139. The first-order valence-electron chi connectivity index (χ1n) is 6.11. The van der Waals surface area contributed by atoms with Crippen LogP contribution in [0.1, 0.15) is 30.4 Å². The van der Waals surface area contributed by atoms with Crippen molar-refractivity contribution in [2.24, 2.45) is 5.73 Å². The van der Waals surface area contributed by atoms with Gasteiger partial charge in [0.2, 0.25) is 5.91 Å². The van der Waals surface area contributed by atoms with Gasteiger partial charge in [0.05, 0.1) is 5.54 Å². The van der Waals surface area contributed by atoms with E-state index in [2.05, 4.69) is 19.1 Å². The molecule has 0 heterocycles. The van der Waals surface area contributed by atoms with Gasteiger partial charge in [0, 0.05) is 13.6 Å². The van der Waals surface area contributed by atoms with Crippen LogP contribution in [-0.2, 0) is 11.3 Å². The van der Waals surface area contributed by atoms with Crippen molar-refractivity contribution in [3.63, 3.8) is 0 Å². The minimum atomic E-state index is -0.585. The molecule has 0 radical (unpaired) electrons. The summed E-state index contributed by atoms with van der Waals surface area (Å²) in [5, 5.41) is 0. The number of aryl methyl sites for hydroxylation is 1. The van der Waals surface area contributed by atoms with Crippen molar-refractivity contribution < 1.29 is 4.79 Å². The summed E-state index contributed by atoms with van der Waals surface area (Å²) in [4.78, 5) is 13.9. The van der Waals surface area contributed by atoms with Gasteiger partial charge in [-0.2, -0.15) is 0 Å². The highest BCUT2D eigenvalue weighted by Gasteiger charge is 2.41. The average molecular weight is 232 g/mol. The first-order valence-corrected chi connectivity index (χ1v) is 6.11. The van der Waals surface area contributed by atoms with Crippen molar-refractivity contribution in [2.45, 2.75) is 38.3 Å². The van der Waals surface area contributed by atoms with E-state index in [4.69, 9.17) is 5.73 Å². The van der Waals surface area contributed by atoms with Crippen LogP contribution in [0.3, 0.4) is 0 Å². The van der Waals surface area contributed by atoms with Crippen molar-refractivity contribution in [3.8, 4) is 0 Å². The zero-order chi connectivity index (χ0) is 12.5. The zero-order valence-corrected chi connectivity index (χ0v) is 10.6. The van der Waals surface area contributed by atoms with E-state index in [1.54, 1.807) is 4.90 Å². The van der Waals surface area contributed by atoms with E-state index in [-0.39, 0.29) is 5.91 Å². The summed E-state index contributed by atoms with van der Waals surface area (Å²) in [7, 11) is 1.83. The second-order valence-corrected chi connectivity index (χ2v) is 5.16. The number of amides is 1. The highest BCUT2D eigenvalue weighted by atomic mass is 16.2. The van der Waals surface area contributed by atoms with E-state index in [1.807, 2.05) is 19.2 Å². The van der Waals surface area contributed by atoms with Gasteiger partial charge in [0.1, 0.15) is 0 Å². The molecule has 0 saturated heterocycles. The Kier molecular flexibility index (Phi) is 3.20. The predicted octanol–water partition coefficient (Wildman–Crippen LogP) is 1.83. The molecule has 0 aromatic heterocycles. The topological polar surface area (TPSA) is 46.3 Å². The number of likely N-dealkylation sites (N-methyl/N-ethyl adjacent to an activating group) is 1. The normalized spacial score (nSPS) is 17.4. The average Bonchev–Trinajstić information content (AvgIpc) is 2.25. The van der Waals surface area contributed by atoms with Crippen LogP contribution in [0, 0.1) is 6.92 Å². The van der Waals surface area contributed by atoms with Gasteiger partial charge in [-0.25, -0.2) is 0 Å². The smallest absolute Gasteiger partial charge is 0.242 e. The molecule has 0 bridgehead atoms. The number of hydrogen-bond acceptors (Lipinski definition) is 2. The maximum atomic E-state index is 12.1. The van der Waals surface area contributed by atoms with Crippen LogP contribution < -0.4 is 5.73 Å². The molecule has 1 aromatic rings. The SMILES string of the molecule is Cc1cccc(CN(C)C(=O)C2(N)CCC2)c1. The van der Waals surface area contributed by atoms with E-state index in [9.17, 15) is 4.79 Å². The van der Waals surface area contributed by atoms with Crippen LogP contribution in [0.15, 0.2) is 24.3 Å². The first-order chi connectivity index (χ1) is 8.01. The lowest BCUT2D eigenvalue weighted by Gasteiger charge is -2.39. The number of carbonyl (C=O) groups is 1. The van der Waals surface area contributed by atoms with E-state index in [0.29, 0.717) is 6.54 Å². The van der Waals surface area contributed by atoms with Gasteiger partial charge in [-0.3, -0.25) is 4.79 Å². The molecule has 0 aliphatic heterocycles. The second-order valence-electron chi connectivity index (χ2n) is 5.16. The fourth-order valence-electron chi connectivity index (χ4n) is 2.31. The van der Waals surface area contributed by atoms with Crippen LogP contribution in [0.25, 0.3) is 0 Å². The molecule has 1 fully saturated rings. The Morgan fingerprint density at radius 2 is 2.18 bits per heavy atom. The summed E-state index contributed by atoms with van der Waals surface area (Å²) < 4.78 is 0. The molecule has 0 atom stereocenters. The molecule has 1 aliphatic rings. The molecule has 1 aliphatic carbocycles. The summed E-state index contributed by atoms with van der Waals surface area (Å²) in [5.41, 5.74) is 7.83. The van der Waals surface area contributed by atoms with Crippen molar-refractivity contribution in [1.29, 1.82) is 0 Å². The summed E-state index contributed by atoms with van der Waals surface area (Å²) >= 11 is 0. The third kappa shape index (κ3) is 2.50. The first kappa shape index (κ1) is 12.1. The van der Waals surface area contributed by atoms with Gasteiger partial charge in [-0.1, -0.05) is 29.8 Å². The lowest BCUT2D eigenvalue weighted by Crippen LogP contribution is -2.58. The van der Waals surface area contributed by atoms with Crippen LogP contribution in [0.4, 0.5) is 0 Å². The molecule has 92 valence electrons. The molecule has 1 amide bonds. The van der Waals surface area contributed by atoms with Gasteiger partial charge in [-0.05, 0) is 31.7 Å². The quantitative estimate of drug-likeness (QED) is 0.864. The van der Waals surface area contributed by atoms with Crippen LogP contribution in [-0.4, -0.2) is 23.4 Å². The molecule has 17 heavy (non-hydrogen) atoms. The largest absolute Gasteiger partial charge is 0.340 e. The Morgan fingerprint density at radius 3 is 2.71 bits per heavy atom. The Balaban J connectivity index is 2.01. The molecule has 0 spiro atoms. The minimum Gasteiger partial charge on any atom is -0.340 e. The fourth-order valence-corrected chi connectivity index (χ4v) is 2.31. The number of nitrogens with two attached hydrogens (primary N) is 1. The van der Waals surface area contributed by atoms with Crippen molar-refractivity contribution in [2.75, 3.05) is 7.05 Å². The third-order valence-electron chi connectivity index (χ3n) is 3.52. The number of hydrogen-bond donors (Lipinski definition) is 1. The maximum absolute atomic E-state index is 12.1. The van der Waals surface area contributed by atoms with E-state index in [1.165, 1.54) is 5.56 Å². The van der Waals surface area contributed by atoms with Gasteiger partial charge >= 0.3 is 0 Å². The molecule has 3 nitrogen and oxygen atoms in total. The van der Waals surface area contributed by atoms with Crippen LogP contribution in [0.5, 0.6) is 0 Å². The molecule has 1 saturated carbocycles. The molecule has 2 N–H and O–H groups in total. The maximum Gasteiger partial charge on any atom is 0.242 e. The number of carbonyl (C=O) groups excluding carboxylic acids is 1. The summed E-state index contributed by atoms with van der Waals surface area (Å²) in [6.45, 7) is 2.70. The van der Waals surface area contributed by atoms with E-state index < -0.39 is 5.54 Å². The highest BCUT2D eigenvalue weighted by molar-refractivity contribution is 5.86. The zero-order valence-electron chi connectivity index (χ0n) is 10.6. The number of benzene rings is 1. The van der Waals surface area contributed by atoms with Gasteiger partial charge < -0.3 is 10.6 Å². The summed E-state index contributed by atoms with van der Waals surface area (Å²) in [5.74, 6) is 0.0743. The molecule has 2 rings (SSSR count). The Labute approximate surface area is 103 Å². The summed E-state index contributed by atoms with van der Waals surface area (Å²) in [6, 6.07) is 8.22. The van der Waals surface area contributed by atoms with Crippen molar-refractivity contribution in [1.82, 2.24) is 4.90 Å². The number of rotatable bonds is 3. The molecule has 3 heteroatoms. The molecular formula is C14H20N2O. The number of nitrogens with zero attached hydrogens (tertiary/aromatic N) is 1. The predicted molar refractivity (Wildman–Crippen MR) is 68.4 cm³/mol. The van der Waals surface area contributed by atoms with E-state index >= 15 is 0 Å². The fraction of sp³-hybridized carbons (Fsp3) is 0.500. The van der Waals surface area contributed by atoms with E-state index in [0.717, 1.165) is 24.8 Å². The van der Waals surface area contributed by atoms with Crippen molar-refractivity contribution >= 4 is 5.91 Å². The van der Waals surface area contributed by atoms with Gasteiger partial charge in [0.15, 0.2) is 0 Å².